The topological polar surface area (TPSA) is 72.9 Å². The SMILES string of the molecule is CN(C)S(=O)(=O)N1CCN(c2ccc(N3CCCC3)nn2)CC1. The fraction of sp³-hybridized carbons (Fsp3) is 0.714. The largest absolute Gasteiger partial charge is 0.355 e. The molecule has 0 N–H and O–H groups in total. The van der Waals surface area contributed by atoms with E-state index in [1.807, 2.05) is 12.1 Å². The Bertz CT molecular complexity index is 619. The first-order chi connectivity index (χ1) is 11.0. The minimum Gasteiger partial charge on any atom is -0.355 e. The van der Waals surface area contributed by atoms with E-state index in [4.69, 9.17) is 0 Å². The highest BCUT2D eigenvalue weighted by Gasteiger charge is 2.29. The number of anilines is 2. The molecular formula is C14H24N6O2S. The van der Waals surface area contributed by atoms with E-state index in [0.717, 1.165) is 24.7 Å². The molecule has 128 valence electrons. The Labute approximate surface area is 137 Å². The van der Waals surface area contributed by atoms with Gasteiger partial charge in [-0.05, 0) is 25.0 Å². The van der Waals surface area contributed by atoms with Crippen LogP contribution in [0.25, 0.3) is 0 Å². The summed E-state index contributed by atoms with van der Waals surface area (Å²) < 4.78 is 27.0. The Balaban J connectivity index is 1.61. The fourth-order valence-electron chi connectivity index (χ4n) is 2.98. The predicted molar refractivity (Wildman–Crippen MR) is 89.9 cm³/mol. The van der Waals surface area contributed by atoms with Crippen molar-refractivity contribution < 1.29 is 8.42 Å². The highest BCUT2D eigenvalue weighted by Crippen LogP contribution is 2.20. The molecule has 1 aromatic heterocycles. The monoisotopic (exact) mass is 340 g/mol. The van der Waals surface area contributed by atoms with Crippen LogP contribution < -0.4 is 9.80 Å². The molecule has 3 rings (SSSR count). The number of rotatable bonds is 4. The van der Waals surface area contributed by atoms with E-state index in [-0.39, 0.29) is 0 Å². The molecular weight excluding hydrogens is 316 g/mol. The zero-order valence-corrected chi connectivity index (χ0v) is 14.5. The molecule has 3 heterocycles. The summed E-state index contributed by atoms with van der Waals surface area (Å²) in [5.41, 5.74) is 0. The van der Waals surface area contributed by atoms with Crippen LogP contribution in [0.1, 0.15) is 12.8 Å². The summed E-state index contributed by atoms with van der Waals surface area (Å²) in [6.45, 7) is 4.30. The molecule has 2 fully saturated rings. The lowest BCUT2D eigenvalue weighted by Gasteiger charge is -2.35. The highest BCUT2D eigenvalue weighted by molar-refractivity contribution is 7.86. The second-order valence-corrected chi connectivity index (χ2v) is 8.26. The summed E-state index contributed by atoms with van der Waals surface area (Å²) in [6, 6.07) is 3.99. The van der Waals surface area contributed by atoms with Crippen LogP contribution in [0.3, 0.4) is 0 Å². The molecule has 0 saturated carbocycles. The van der Waals surface area contributed by atoms with E-state index in [1.165, 1.54) is 21.5 Å². The lowest BCUT2D eigenvalue weighted by atomic mass is 10.3. The maximum Gasteiger partial charge on any atom is 0.281 e. The van der Waals surface area contributed by atoms with Crippen LogP contribution in [0.2, 0.25) is 0 Å². The van der Waals surface area contributed by atoms with Gasteiger partial charge in [0.1, 0.15) is 0 Å². The van der Waals surface area contributed by atoms with Crippen molar-refractivity contribution in [1.29, 1.82) is 0 Å². The number of hydrogen-bond donors (Lipinski definition) is 0. The summed E-state index contributed by atoms with van der Waals surface area (Å²) in [5, 5.41) is 8.65. The number of hydrogen-bond acceptors (Lipinski definition) is 6. The Kier molecular flexibility index (Phi) is 4.69. The van der Waals surface area contributed by atoms with Crippen molar-refractivity contribution in [2.75, 3.05) is 63.2 Å². The van der Waals surface area contributed by atoms with Crippen LogP contribution in [-0.4, -0.2) is 80.6 Å². The van der Waals surface area contributed by atoms with Gasteiger partial charge in [0.2, 0.25) is 0 Å². The molecule has 2 aliphatic heterocycles. The van der Waals surface area contributed by atoms with Gasteiger partial charge in [-0.3, -0.25) is 0 Å². The van der Waals surface area contributed by atoms with Gasteiger partial charge in [0.25, 0.3) is 10.2 Å². The molecule has 9 heteroatoms. The van der Waals surface area contributed by atoms with E-state index >= 15 is 0 Å². The van der Waals surface area contributed by atoms with Gasteiger partial charge in [-0.1, -0.05) is 0 Å². The van der Waals surface area contributed by atoms with Gasteiger partial charge in [-0.25, -0.2) is 0 Å². The average molecular weight is 340 g/mol. The zero-order chi connectivity index (χ0) is 16.4. The number of aromatic nitrogens is 2. The molecule has 0 aliphatic carbocycles. The lowest BCUT2D eigenvalue weighted by Crippen LogP contribution is -2.51. The van der Waals surface area contributed by atoms with Crippen LogP contribution in [0.4, 0.5) is 11.6 Å². The molecule has 2 aliphatic rings. The molecule has 0 radical (unpaired) electrons. The molecule has 0 atom stereocenters. The Morgan fingerprint density at radius 3 is 1.78 bits per heavy atom. The standard InChI is InChI=1S/C14H24N6O2S/c1-17(2)23(21,22)20-11-9-19(10-12-20)14-6-5-13(15-16-14)18-7-3-4-8-18/h5-6H,3-4,7-12H2,1-2H3. The summed E-state index contributed by atoms with van der Waals surface area (Å²) in [4.78, 5) is 4.33. The average Bonchev–Trinajstić information content (AvgIpc) is 3.09. The minimum absolute atomic E-state index is 0.468. The van der Waals surface area contributed by atoms with Gasteiger partial charge >= 0.3 is 0 Å². The van der Waals surface area contributed by atoms with Crippen molar-refractivity contribution in [3.63, 3.8) is 0 Å². The van der Waals surface area contributed by atoms with Crippen molar-refractivity contribution in [3.8, 4) is 0 Å². The Morgan fingerprint density at radius 1 is 0.870 bits per heavy atom. The maximum absolute atomic E-state index is 12.1. The summed E-state index contributed by atoms with van der Waals surface area (Å²) in [5.74, 6) is 1.75. The molecule has 8 nitrogen and oxygen atoms in total. The summed E-state index contributed by atoms with van der Waals surface area (Å²) in [6.07, 6.45) is 2.43. The second-order valence-electron chi connectivity index (χ2n) is 6.12. The molecule has 0 amide bonds. The first-order valence-corrected chi connectivity index (χ1v) is 9.39. The Morgan fingerprint density at radius 2 is 1.35 bits per heavy atom. The molecule has 23 heavy (non-hydrogen) atoms. The second kappa shape index (κ2) is 6.58. The van der Waals surface area contributed by atoms with Crippen molar-refractivity contribution >= 4 is 21.8 Å². The lowest BCUT2D eigenvalue weighted by molar-refractivity contribution is 0.354. The normalized spacial score (nSPS) is 20.5. The molecule has 0 spiro atoms. The third kappa shape index (κ3) is 3.41. The molecule has 0 unspecified atom stereocenters. The van der Waals surface area contributed by atoms with Crippen LogP contribution in [0.5, 0.6) is 0 Å². The maximum atomic E-state index is 12.1. The van der Waals surface area contributed by atoms with E-state index < -0.39 is 10.2 Å². The van der Waals surface area contributed by atoms with Gasteiger partial charge in [-0.2, -0.15) is 17.0 Å². The highest BCUT2D eigenvalue weighted by atomic mass is 32.2. The van der Waals surface area contributed by atoms with Gasteiger partial charge in [0, 0.05) is 53.4 Å². The van der Waals surface area contributed by atoms with Crippen molar-refractivity contribution in [3.05, 3.63) is 12.1 Å². The summed E-state index contributed by atoms with van der Waals surface area (Å²) in [7, 11) is -0.206. The predicted octanol–water partition coefficient (Wildman–Crippen LogP) is 0.00520. The van der Waals surface area contributed by atoms with Gasteiger partial charge in [0.05, 0.1) is 0 Å². The molecule has 0 aromatic carbocycles. The number of piperazine rings is 1. The third-order valence-electron chi connectivity index (χ3n) is 4.42. The van der Waals surface area contributed by atoms with Gasteiger partial charge in [-0.15, -0.1) is 10.2 Å². The Hall–Kier alpha value is -1.45. The van der Waals surface area contributed by atoms with Gasteiger partial charge < -0.3 is 9.80 Å². The van der Waals surface area contributed by atoms with Crippen molar-refractivity contribution in [1.82, 2.24) is 18.8 Å². The molecule has 0 bridgehead atoms. The van der Waals surface area contributed by atoms with Crippen molar-refractivity contribution in [2.45, 2.75) is 12.8 Å². The first kappa shape index (κ1) is 16.4. The number of nitrogens with zero attached hydrogens (tertiary/aromatic N) is 6. The molecule has 2 saturated heterocycles. The van der Waals surface area contributed by atoms with Crippen LogP contribution in [0, 0.1) is 0 Å². The smallest absolute Gasteiger partial charge is 0.281 e. The van der Waals surface area contributed by atoms with E-state index in [2.05, 4.69) is 20.0 Å². The van der Waals surface area contributed by atoms with Crippen molar-refractivity contribution in [2.24, 2.45) is 0 Å². The molecule has 1 aromatic rings. The quantitative estimate of drug-likeness (QED) is 0.769. The van der Waals surface area contributed by atoms with E-state index in [0.29, 0.717) is 26.2 Å². The minimum atomic E-state index is -3.33. The van der Waals surface area contributed by atoms with Gasteiger partial charge in [0.15, 0.2) is 11.6 Å². The zero-order valence-electron chi connectivity index (χ0n) is 13.7. The van der Waals surface area contributed by atoms with Crippen LogP contribution >= 0.6 is 0 Å². The summed E-state index contributed by atoms with van der Waals surface area (Å²) >= 11 is 0. The third-order valence-corrected chi connectivity index (χ3v) is 6.36. The van der Waals surface area contributed by atoms with Crippen LogP contribution in [0.15, 0.2) is 12.1 Å². The fourth-order valence-corrected chi connectivity index (χ4v) is 4.07. The first-order valence-electron chi connectivity index (χ1n) is 8.00. The van der Waals surface area contributed by atoms with E-state index in [9.17, 15) is 8.42 Å². The van der Waals surface area contributed by atoms with E-state index in [1.54, 1.807) is 14.1 Å². The van der Waals surface area contributed by atoms with Crippen LogP contribution in [-0.2, 0) is 10.2 Å².